The van der Waals surface area contributed by atoms with Gasteiger partial charge in [-0.15, -0.1) is 0 Å². The summed E-state index contributed by atoms with van der Waals surface area (Å²) >= 11 is 0. The van der Waals surface area contributed by atoms with Crippen molar-refractivity contribution in [3.8, 4) is 0 Å². The molecule has 0 aromatic carbocycles. The van der Waals surface area contributed by atoms with E-state index in [2.05, 4.69) is 27.7 Å². The van der Waals surface area contributed by atoms with Crippen LogP contribution in [0.2, 0.25) is 0 Å². The van der Waals surface area contributed by atoms with Gasteiger partial charge in [-0.25, -0.2) is 4.57 Å². The van der Waals surface area contributed by atoms with E-state index < -0.39 is 13.4 Å². The quantitative estimate of drug-likeness (QED) is 0.0723. The summed E-state index contributed by atoms with van der Waals surface area (Å²) in [5, 5.41) is 0. The standard InChI is InChI=1S/C32H67O4P/c1-5-9-12-14-16-18-20-22-24-26-29-32(36-37(33,34)35,31(8-4)28-11-7-3)30-27-25-23-21-19-17-15-13-10-6-2/h31H,5-30H2,1-4H3,(H2,33,34,35). The van der Waals surface area contributed by atoms with E-state index >= 15 is 0 Å². The molecule has 0 bridgehead atoms. The Kier molecular flexibility index (Phi) is 25.2. The molecule has 2 N–H and O–H groups in total. The third-order valence-electron chi connectivity index (χ3n) is 8.35. The Morgan fingerprint density at radius 2 is 0.865 bits per heavy atom. The van der Waals surface area contributed by atoms with Crippen molar-refractivity contribution in [3.63, 3.8) is 0 Å². The third-order valence-corrected chi connectivity index (χ3v) is 8.95. The molecule has 224 valence electrons. The molecule has 0 spiro atoms. The Hall–Kier alpha value is 0.110. The van der Waals surface area contributed by atoms with Crippen molar-refractivity contribution in [3.05, 3.63) is 0 Å². The molecule has 0 aliphatic heterocycles. The van der Waals surface area contributed by atoms with Crippen molar-refractivity contribution < 1.29 is 18.9 Å². The first-order chi connectivity index (χ1) is 17.8. The summed E-state index contributed by atoms with van der Waals surface area (Å²) in [6.45, 7) is 8.90. The van der Waals surface area contributed by atoms with Gasteiger partial charge < -0.3 is 9.79 Å². The van der Waals surface area contributed by atoms with Crippen LogP contribution in [0.15, 0.2) is 0 Å². The van der Waals surface area contributed by atoms with Gasteiger partial charge >= 0.3 is 7.82 Å². The summed E-state index contributed by atoms with van der Waals surface area (Å²) in [6, 6.07) is 0. The van der Waals surface area contributed by atoms with Gasteiger partial charge in [0.15, 0.2) is 0 Å². The molecule has 0 aromatic heterocycles. The molecule has 0 rings (SSSR count). The second-order valence-electron chi connectivity index (χ2n) is 11.8. The maximum absolute atomic E-state index is 12.2. The van der Waals surface area contributed by atoms with Crippen molar-refractivity contribution in [2.24, 2.45) is 5.92 Å². The van der Waals surface area contributed by atoms with E-state index in [9.17, 15) is 14.4 Å². The lowest BCUT2D eigenvalue weighted by atomic mass is 9.75. The molecule has 4 nitrogen and oxygen atoms in total. The van der Waals surface area contributed by atoms with E-state index in [4.69, 9.17) is 4.52 Å². The number of rotatable bonds is 29. The maximum atomic E-state index is 12.2. The van der Waals surface area contributed by atoms with Crippen LogP contribution in [0.5, 0.6) is 0 Å². The highest BCUT2D eigenvalue weighted by molar-refractivity contribution is 7.46. The van der Waals surface area contributed by atoms with Gasteiger partial charge in [-0.05, 0) is 25.2 Å². The zero-order chi connectivity index (χ0) is 27.7. The minimum Gasteiger partial charge on any atom is -0.303 e. The lowest BCUT2D eigenvalue weighted by Crippen LogP contribution is -2.40. The number of hydrogen-bond donors (Lipinski definition) is 2. The van der Waals surface area contributed by atoms with Gasteiger partial charge in [0, 0.05) is 0 Å². The summed E-state index contributed by atoms with van der Waals surface area (Å²) in [7, 11) is -4.55. The molecule has 1 unspecified atom stereocenters. The molecule has 0 radical (unpaired) electrons. The minimum atomic E-state index is -4.55. The predicted molar refractivity (Wildman–Crippen MR) is 162 cm³/mol. The zero-order valence-corrected chi connectivity index (χ0v) is 26.5. The highest BCUT2D eigenvalue weighted by Gasteiger charge is 2.42. The Morgan fingerprint density at radius 1 is 0.541 bits per heavy atom. The molecule has 0 heterocycles. The summed E-state index contributed by atoms with van der Waals surface area (Å²) in [6.07, 6.45) is 31.1. The Labute approximate surface area is 232 Å². The van der Waals surface area contributed by atoms with Crippen LogP contribution >= 0.6 is 7.82 Å². The molecular weight excluding hydrogens is 479 g/mol. The van der Waals surface area contributed by atoms with Gasteiger partial charge in [0.25, 0.3) is 0 Å². The molecule has 0 aliphatic carbocycles. The molecule has 0 saturated heterocycles. The highest BCUT2D eigenvalue weighted by atomic mass is 31.2. The molecule has 0 amide bonds. The summed E-state index contributed by atoms with van der Waals surface area (Å²) < 4.78 is 18.0. The Bertz CT molecular complexity index is 495. The monoisotopic (exact) mass is 546 g/mol. The average Bonchev–Trinajstić information content (AvgIpc) is 2.85. The smallest absolute Gasteiger partial charge is 0.303 e. The van der Waals surface area contributed by atoms with Gasteiger partial charge in [0.05, 0.1) is 5.60 Å². The van der Waals surface area contributed by atoms with E-state index in [0.29, 0.717) is 0 Å². The maximum Gasteiger partial charge on any atom is 0.470 e. The van der Waals surface area contributed by atoms with E-state index in [1.807, 2.05) is 0 Å². The number of phosphoric acid groups is 1. The third kappa shape index (κ3) is 21.6. The Balaban J connectivity index is 4.80. The van der Waals surface area contributed by atoms with Crippen molar-refractivity contribution in [1.82, 2.24) is 0 Å². The zero-order valence-electron chi connectivity index (χ0n) is 25.6. The van der Waals surface area contributed by atoms with Crippen LogP contribution in [0.25, 0.3) is 0 Å². The molecule has 37 heavy (non-hydrogen) atoms. The first-order valence-corrected chi connectivity index (χ1v) is 18.1. The molecule has 0 aromatic rings. The average molecular weight is 547 g/mol. The Morgan fingerprint density at radius 3 is 1.16 bits per heavy atom. The van der Waals surface area contributed by atoms with Crippen LogP contribution < -0.4 is 0 Å². The SMILES string of the molecule is CCCCCCCCCCCCC(CCCCCCCCCCCC)(OP(=O)(O)O)C(CC)CCCC. The van der Waals surface area contributed by atoms with Gasteiger partial charge in [-0.3, -0.25) is 4.52 Å². The van der Waals surface area contributed by atoms with Crippen LogP contribution in [-0.4, -0.2) is 15.4 Å². The normalized spacial score (nSPS) is 13.4. The topological polar surface area (TPSA) is 66.8 Å². The lowest BCUT2D eigenvalue weighted by Gasteiger charge is -2.41. The number of hydrogen-bond acceptors (Lipinski definition) is 2. The van der Waals surface area contributed by atoms with Crippen LogP contribution in [0, 0.1) is 5.92 Å². The molecule has 1 atom stereocenters. The van der Waals surface area contributed by atoms with E-state index in [-0.39, 0.29) is 5.92 Å². The minimum absolute atomic E-state index is 0.220. The summed E-state index contributed by atoms with van der Waals surface area (Å²) in [4.78, 5) is 19.9. The lowest BCUT2D eigenvalue weighted by molar-refractivity contribution is -0.0393. The second-order valence-corrected chi connectivity index (χ2v) is 12.9. The predicted octanol–water partition coefficient (Wildman–Crippen LogP) is 11.7. The molecule has 0 fully saturated rings. The largest absolute Gasteiger partial charge is 0.470 e. The fourth-order valence-corrected chi connectivity index (χ4v) is 6.85. The fraction of sp³-hybridized carbons (Fsp3) is 1.00. The second kappa shape index (κ2) is 25.1. The molecule has 0 aliphatic rings. The number of unbranched alkanes of at least 4 members (excludes halogenated alkanes) is 19. The highest BCUT2D eigenvalue weighted by Crippen LogP contribution is 2.50. The summed E-state index contributed by atoms with van der Waals surface area (Å²) in [5.41, 5.74) is -0.677. The van der Waals surface area contributed by atoms with Gasteiger partial charge in [0.2, 0.25) is 0 Å². The molecule has 0 saturated carbocycles. The van der Waals surface area contributed by atoms with Crippen molar-refractivity contribution in [2.45, 2.75) is 200 Å². The van der Waals surface area contributed by atoms with Crippen molar-refractivity contribution >= 4 is 7.82 Å². The molecule has 5 heteroatoms. The first-order valence-electron chi connectivity index (χ1n) is 16.6. The summed E-state index contributed by atoms with van der Waals surface area (Å²) in [5.74, 6) is 0.220. The van der Waals surface area contributed by atoms with E-state index in [0.717, 1.165) is 64.2 Å². The van der Waals surface area contributed by atoms with Crippen molar-refractivity contribution in [1.29, 1.82) is 0 Å². The first kappa shape index (κ1) is 37.1. The van der Waals surface area contributed by atoms with Crippen molar-refractivity contribution in [2.75, 3.05) is 0 Å². The van der Waals surface area contributed by atoms with E-state index in [1.165, 1.54) is 103 Å². The van der Waals surface area contributed by atoms with Crippen LogP contribution in [-0.2, 0) is 9.09 Å². The molecular formula is C32H67O4P. The van der Waals surface area contributed by atoms with Crippen LogP contribution in [0.4, 0.5) is 0 Å². The van der Waals surface area contributed by atoms with Crippen LogP contribution in [0.3, 0.4) is 0 Å². The number of phosphoric ester groups is 1. The van der Waals surface area contributed by atoms with Gasteiger partial charge in [-0.2, -0.15) is 0 Å². The van der Waals surface area contributed by atoms with Crippen LogP contribution in [0.1, 0.15) is 195 Å². The van der Waals surface area contributed by atoms with E-state index in [1.54, 1.807) is 0 Å². The fourth-order valence-electron chi connectivity index (χ4n) is 6.05. The van der Waals surface area contributed by atoms with Gasteiger partial charge in [-0.1, -0.05) is 175 Å². The van der Waals surface area contributed by atoms with Gasteiger partial charge in [0.1, 0.15) is 0 Å².